The van der Waals surface area contributed by atoms with Crippen molar-refractivity contribution >= 4 is 17.5 Å². The van der Waals surface area contributed by atoms with Crippen molar-refractivity contribution < 1.29 is 9.90 Å². The summed E-state index contributed by atoms with van der Waals surface area (Å²) >= 11 is 1.24. The molecule has 0 radical (unpaired) electrons. The summed E-state index contributed by atoms with van der Waals surface area (Å²) in [5.41, 5.74) is 0. The predicted octanol–water partition coefficient (Wildman–Crippen LogP) is 1.47. The lowest BCUT2D eigenvalue weighted by Gasteiger charge is -1.99. The van der Waals surface area contributed by atoms with E-state index in [1.54, 1.807) is 18.3 Å². The van der Waals surface area contributed by atoms with Crippen LogP contribution in [-0.4, -0.2) is 21.6 Å². The maximum atomic E-state index is 10.6. The van der Waals surface area contributed by atoms with Gasteiger partial charge in [0.05, 0.1) is 5.75 Å². The van der Waals surface area contributed by atoms with E-state index in [9.17, 15) is 9.90 Å². The largest absolute Gasteiger partial charge is 0.505 e. The van der Waals surface area contributed by atoms with Crippen molar-refractivity contribution in [2.45, 2.75) is 11.9 Å². The molecule has 0 aromatic carbocycles. The van der Waals surface area contributed by atoms with Crippen LogP contribution >= 0.6 is 11.8 Å². The summed E-state index contributed by atoms with van der Waals surface area (Å²) in [7, 11) is 0. The van der Waals surface area contributed by atoms with Crippen LogP contribution in [0.4, 0.5) is 0 Å². The number of hydrogen-bond acceptors (Lipinski definition) is 4. The summed E-state index contributed by atoms with van der Waals surface area (Å²) in [4.78, 5) is 14.5. The van der Waals surface area contributed by atoms with E-state index in [2.05, 4.69) is 4.98 Å². The third-order valence-electron chi connectivity index (χ3n) is 1.16. The number of thioether (sulfide) groups is 1. The van der Waals surface area contributed by atoms with E-state index in [-0.39, 0.29) is 11.5 Å². The molecule has 1 N–H and O–H groups in total. The molecule has 64 valence electrons. The molecule has 0 aliphatic carbocycles. The van der Waals surface area contributed by atoms with E-state index in [0.717, 1.165) is 0 Å². The number of rotatable bonds is 3. The summed E-state index contributed by atoms with van der Waals surface area (Å²) in [5, 5.41) is 9.74. The second-order valence-electron chi connectivity index (χ2n) is 2.32. The van der Waals surface area contributed by atoms with E-state index >= 15 is 0 Å². The molecule has 12 heavy (non-hydrogen) atoms. The van der Waals surface area contributed by atoms with Gasteiger partial charge in [0.15, 0.2) is 0 Å². The van der Waals surface area contributed by atoms with Gasteiger partial charge in [0, 0.05) is 6.20 Å². The summed E-state index contributed by atoms with van der Waals surface area (Å²) in [6.45, 7) is 1.51. The van der Waals surface area contributed by atoms with Crippen LogP contribution in [0.1, 0.15) is 6.92 Å². The number of nitrogens with zero attached hydrogens (tertiary/aromatic N) is 1. The fourth-order valence-electron chi connectivity index (χ4n) is 0.664. The lowest BCUT2D eigenvalue weighted by atomic mass is 10.5. The first-order valence-electron chi connectivity index (χ1n) is 3.46. The maximum Gasteiger partial charge on any atom is 0.147 e. The van der Waals surface area contributed by atoms with Gasteiger partial charge in [-0.05, 0) is 19.1 Å². The van der Waals surface area contributed by atoms with Crippen molar-refractivity contribution in [1.82, 2.24) is 4.98 Å². The number of carbonyl (C=O) groups is 1. The first-order valence-corrected chi connectivity index (χ1v) is 4.45. The molecule has 0 amide bonds. The number of pyridine rings is 1. The fraction of sp³-hybridized carbons (Fsp3) is 0.250. The van der Waals surface area contributed by atoms with E-state index in [1.165, 1.54) is 18.7 Å². The van der Waals surface area contributed by atoms with Crippen molar-refractivity contribution in [3.05, 3.63) is 18.3 Å². The number of Topliss-reactive ketones (excluding diaryl/α,β-unsaturated/α-hetero) is 1. The lowest BCUT2D eigenvalue weighted by Crippen LogP contribution is -1.93. The summed E-state index contributed by atoms with van der Waals surface area (Å²) in [6.07, 6.45) is 1.59. The van der Waals surface area contributed by atoms with Gasteiger partial charge >= 0.3 is 0 Å². The van der Waals surface area contributed by atoms with Gasteiger partial charge in [-0.25, -0.2) is 4.98 Å². The second-order valence-corrected chi connectivity index (χ2v) is 3.28. The minimum Gasteiger partial charge on any atom is -0.505 e. The normalized spacial score (nSPS) is 9.75. The Morgan fingerprint density at radius 2 is 2.50 bits per heavy atom. The molecule has 4 heteroatoms. The fourth-order valence-corrected chi connectivity index (χ4v) is 1.35. The van der Waals surface area contributed by atoms with Gasteiger partial charge in [0.25, 0.3) is 0 Å². The molecule has 1 heterocycles. The standard InChI is InChI=1S/C8H9NO2S/c1-6(10)5-12-8-7(11)3-2-4-9-8/h2-4,11H,5H2,1H3. The van der Waals surface area contributed by atoms with Crippen LogP contribution in [0.5, 0.6) is 5.75 Å². The number of carbonyl (C=O) groups excluding carboxylic acids is 1. The third-order valence-corrected chi connectivity index (χ3v) is 2.30. The Labute approximate surface area is 74.8 Å². The Balaban J connectivity index is 2.63. The molecule has 3 nitrogen and oxygen atoms in total. The van der Waals surface area contributed by atoms with Gasteiger partial charge in [0.2, 0.25) is 0 Å². The highest BCUT2D eigenvalue weighted by Crippen LogP contribution is 2.24. The van der Waals surface area contributed by atoms with Crippen LogP contribution in [0.3, 0.4) is 0 Å². The van der Waals surface area contributed by atoms with Gasteiger partial charge in [-0.2, -0.15) is 0 Å². The zero-order chi connectivity index (χ0) is 8.97. The Bertz CT molecular complexity index is 288. The maximum absolute atomic E-state index is 10.6. The molecule has 0 unspecified atom stereocenters. The summed E-state index contributed by atoms with van der Waals surface area (Å²) in [5.74, 6) is 0.554. The molecule has 1 aromatic rings. The number of ketones is 1. The van der Waals surface area contributed by atoms with Crippen LogP contribution in [0, 0.1) is 0 Å². The molecule has 0 aliphatic rings. The van der Waals surface area contributed by atoms with Crippen molar-refractivity contribution in [3.8, 4) is 5.75 Å². The minimum atomic E-state index is 0.0741. The molecule has 0 spiro atoms. The zero-order valence-corrected chi connectivity index (χ0v) is 7.47. The van der Waals surface area contributed by atoms with Gasteiger partial charge in [-0.1, -0.05) is 11.8 Å². The zero-order valence-electron chi connectivity index (χ0n) is 6.65. The number of aromatic hydroxyl groups is 1. The molecule has 0 saturated heterocycles. The topological polar surface area (TPSA) is 50.2 Å². The highest BCUT2D eigenvalue weighted by Gasteiger charge is 2.02. The Hall–Kier alpha value is -1.03. The molecule has 0 bridgehead atoms. The average Bonchev–Trinajstić information content (AvgIpc) is 2.03. The van der Waals surface area contributed by atoms with Crippen LogP contribution < -0.4 is 0 Å². The Morgan fingerprint density at radius 3 is 3.08 bits per heavy atom. The Morgan fingerprint density at radius 1 is 1.75 bits per heavy atom. The monoisotopic (exact) mass is 183 g/mol. The highest BCUT2D eigenvalue weighted by molar-refractivity contribution is 8.00. The van der Waals surface area contributed by atoms with E-state index in [0.29, 0.717) is 10.8 Å². The van der Waals surface area contributed by atoms with E-state index in [4.69, 9.17) is 0 Å². The van der Waals surface area contributed by atoms with Crippen LogP contribution in [0.25, 0.3) is 0 Å². The number of hydrogen-bond donors (Lipinski definition) is 1. The molecular formula is C8H9NO2S. The highest BCUT2D eigenvalue weighted by atomic mass is 32.2. The van der Waals surface area contributed by atoms with Crippen LogP contribution in [-0.2, 0) is 4.79 Å². The predicted molar refractivity (Wildman–Crippen MR) is 47.3 cm³/mol. The molecule has 1 rings (SSSR count). The average molecular weight is 183 g/mol. The second kappa shape index (κ2) is 4.11. The first-order chi connectivity index (χ1) is 5.70. The van der Waals surface area contributed by atoms with E-state index in [1.807, 2.05) is 0 Å². The lowest BCUT2D eigenvalue weighted by molar-refractivity contribution is -0.114. The van der Waals surface area contributed by atoms with Crippen molar-refractivity contribution in [3.63, 3.8) is 0 Å². The molecule has 1 aromatic heterocycles. The smallest absolute Gasteiger partial charge is 0.147 e. The SMILES string of the molecule is CC(=O)CSc1ncccc1O. The van der Waals surface area contributed by atoms with Gasteiger partial charge in [-0.3, -0.25) is 4.79 Å². The molecule has 0 atom stereocenters. The third kappa shape index (κ3) is 2.54. The minimum absolute atomic E-state index is 0.0741. The van der Waals surface area contributed by atoms with Gasteiger partial charge < -0.3 is 5.11 Å². The first kappa shape index (κ1) is 9.06. The van der Waals surface area contributed by atoms with Gasteiger partial charge in [-0.15, -0.1) is 0 Å². The quantitative estimate of drug-likeness (QED) is 0.721. The molecule has 0 fully saturated rings. The molecule has 0 aliphatic heterocycles. The molecular weight excluding hydrogens is 174 g/mol. The Kier molecular flexibility index (Phi) is 3.10. The molecule has 0 saturated carbocycles. The van der Waals surface area contributed by atoms with Crippen molar-refractivity contribution in [1.29, 1.82) is 0 Å². The summed E-state index contributed by atoms with van der Waals surface area (Å²) in [6, 6.07) is 3.20. The van der Waals surface area contributed by atoms with Gasteiger partial charge in [0.1, 0.15) is 16.6 Å². The number of aromatic nitrogens is 1. The van der Waals surface area contributed by atoms with Crippen LogP contribution in [0.2, 0.25) is 0 Å². The van der Waals surface area contributed by atoms with E-state index < -0.39 is 0 Å². The summed E-state index contributed by atoms with van der Waals surface area (Å²) < 4.78 is 0. The van der Waals surface area contributed by atoms with Crippen molar-refractivity contribution in [2.75, 3.05) is 5.75 Å². The van der Waals surface area contributed by atoms with Crippen LogP contribution in [0.15, 0.2) is 23.4 Å². The van der Waals surface area contributed by atoms with Crippen molar-refractivity contribution in [2.24, 2.45) is 0 Å².